The highest BCUT2D eigenvalue weighted by Crippen LogP contribution is 2.13. The van der Waals surface area contributed by atoms with Gasteiger partial charge in [-0.05, 0) is 18.6 Å². The van der Waals surface area contributed by atoms with E-state index in [2.05, 4.69) is 27.5 Å². The number of halogens is 1. The van der Waals surface area contributed by atoms with Gasteiger partial charge in [-0.25, -0.2) is 4.39 Å². The van der Waals surface area contributed by atoms with Crippen LogP contribution in [0.4, 0.5) is 4.39 Å². The first kappa shape index (κ1) is 12.6. The van der Waals surface area contributed by atoms with Crippen molar-refractivity contribution in [2.45, 2.75) is 25.9 Å². The lowest BCUT2D eigenvalue weighted by atomic mass is 10.1. The second-order valence-corrected chi connectivity index (χ2v) is 3.98. The van der Waals surface area contributed by atoms with Gasteiger partial charge in [0.05, 0.1) is 24.6 Å². The molecule has 18 heavy (non-hydrogen) atoms. The summed E-state index contributed by atoms with van der Waals surface area (Å²) >= 11 is 0. The molecule has 0 aliphatic carbocycles. The van der Waals surface area contributed by atoms with Gasteiger partial charge in [0, 0.05) is 18.8 Å². The van der Waals surface area contributed by atoms with E-state index in [-0.39, 0.29) is 11.9 Å². The molecule has 0 aliphatic heterocycles. The number of nitrogens with one attached hydrogen (secondary N) is 1. The van der Waals surface area contributed by atoms with Crippen LogP contribution in [0.3, 0.4) is 0 Å². The predicted molar refractivity (Wildman–Crippen MR) is 65.3 cm³/mol. The zero-order valence-corrected chi connectivity index (χ0v) is 10.3. The summed E-state index contributed by atoms with van der Waals surface area (Å²) in [5.74, 6) is -0.309. The van der Waals surface area contributed by atoms with E-state index in [4.69, 9.17) is 0 Å². The molecule has 6 heteroatoms. The largest absolute Gasteiger partial charge is 0.307 e. The number of hydrogen-bond donors (Lipinski definition) is 1. The molecule has 0 saturated carbocycles. The molecule has 1 atom stereocenters. The maximum atomic E-state index is 12.8. The minimum absolute atomic E-state index is 0.133. The third-order valence-electron chi connectivity index (χ3n) is 2.72. The molecular formula is C12H16FN5. The van der Waals surface area contributed by atoms with E-state index in [1.165, 1.54) is 12.3 Å². The zero-order chi connectivity index (χ0) is 12.8. The quantitative estimate of drug-likeness (QED) is 0.844. The van der Waals surface area contributed by atoms with Crippen LogP contribution >= 0.6 is 0 Å². The molecule has 0 fully saturated rings. The molecule has 0 spiro atoms. The monoisotopic (exact) mass is 249 g/mol. The van der Waals surface area contributed by atoms with E-state index >= 15 is 0 Å². The summed E-state index contributed by atoms with van der Waals surface area (Å²) in [4.78, 5) is 4.09. The van der Waals surface area contributed by atoms with Gasteiger partial charge in [0.1, 0.15) is 5.82 Å². The summed E-state index contributed by atoms with van der Waals surface area (Å²) in [6.45, 7) is 3.58. The van der Waals surface area contributed by atoms with Crippen LogP contribution in [0.25, 0.3) is 0 Å². The molecule has 0 aromatic carbocycles. The van der Waals surface area contributed by atoms with Gasteiger partial charge in [0.2, 0.25) is 0 Å². The topological polar surface area (TPSA) is 55.6 Å². The highest BCUT2D eigenvalue weighted by Gasteiger charge is 2.09. The molecule has 0 bridgehead atoms. The maximum absolute atomic E-state index is 12.8. The summed E-state index contributed by atoms with van der Waals surface area (Å²) in [5, 5.41) is 11.0. The van der Waals surface area contributed by atoms with Gasteiger partial charge in [-0.2, -0.15) is 0 Å². The SMILES string of the molecule is CCC(NCCn1ccnn1)c1ccc(F)cn1. The molecule has 0 saturated heterocycles. The molecule has 0 radical (unpaired) electrons. The summed E-state index contributed by atoms with van der Waals surface area (Å²) in [6.07, 6.45) is 5.62. The molecule has 1 N–H and O–H groups in total. The Morgan fingerprint density at radius 1 is 1.44 bits per heavy atom. The fourth-order valence-electron chi connectivity index (χ4n) is 1.76. The Bertz CT molecular complexity index is 454. The van der Waals surface area contributed by atoms with Crippen molar-refractivity contribution < 1.29 is 4.39 Å². The van der Waals surface area contributed by atoms with Crippen LogP contribution in [-0.2, 0) is 6.54 Å². The number of nitrogens with zero attached hydrogens (tertiary/aromatic N) is 4. The van der Waals surface area contributed by atoms with Crippen LogP contribution in [0.2, 0.25) is 0 Å². The van der Waals surface area contributed by atoms with Crippen molar-refractivity contribution >= 4 is 0 Å². The van der Waals surface area contributed by atoms with E-state index in [0.717, 1.165) is 25.2 Å². The Morgan fingerprint density at radius 3 is 2.94 bits per heavy atom. The van der Waals surface area contributed by atoms with Crippen molar-refractivity contribution in [2.75, 3.05) is 6.54 Å². The number of rotatable bonds is 6. The van der Waals surface area contributed by atoms with Crippen LogP contribution in [0.5, 0.6) is 0 Å². The highest BCUT2D eigenvalue weighted by molar-refractivity contribution is 5.09. The fraction of sp³-hybridized carbons (Fsp3) is 0.417. The molecule has 2 aromatic heterocycles. The van der Waals surface area contributed by atoms with E-state index in [0.29, 0.717) is 0 Å². The minimum Gasteiger partial charge on any atom is -0.307 e. The Hall–Kier alpha value is -1.82. The van der Waals surface area contributed by atoms with Gasteiger partial charge in [-0.3, -0.25) is 9.67 Å². The Balaban J connectivity index is 1.87. The predicted octanol–water partition coefficient (Wildman–Crippen LogP) is 1.55. The molecule has 96 valence electrons. The normalized spacial score (nSPS) is 12.6. The second kappa shape index (κ2) is 6.20. The Kier molecular flexibility index (Phi) is 4.35. The van der Waals surface area contributed by atoms with Crippen molar-refractivity contribution in [3.8, 4) is 0 Å². The molecule has 2 heterocycles. The molecule has 0 amide bonds. The lowest BCUT2D eigenvalue weighted by molar-refractivity contribution is 0.463. The van der Waals surface area contributed by atoms with Gasteiger partial charge < -0.3 is 5.32 Å². The molecule has 1 unspecified atom stereocenters. The van der Waals surface area contributed by atoms with Crippen molar-refractivity contribution in [3.63, 3.8) is 0 Å². The lowest BCUT2D eigenvalue weighted by Crippen LogP contribution is -2.25. The average Bonchev–Trinajstić information content (AvgIpc) is 2.89. The zero-order valence-electron chi connectivity index (χ0n) is 10.3. The highest BCUT2D eigenvalue weighted by atomic mass is 19.1. The van der Waals surface area contributed by atoms with Gasteiger partial charge in [-0.15, -0.1) is 5.10 Å². The molecule has 5 nitrogen and oxygen atoms in total. The fourth-order valence-corrected chi connectivity index (χ4v) is 1.76. The van der Waals surface area contributed by atoms with E-state index in [1.807, 2.05) is 6.20 Å². The van der Waals surface area contributed by atoms with Gasteiger partial charge in [0.25, 0.3) is 0 Å². The van der Waals surface area contributed by atoms with Crippen LogP contribution < -0.4 is 5.32 Å². The van der Waals surface area contributed by atoms with Gasteiger partial charge in [-0.1, -0.05) is 12.1 Å². The molecule has 2 aromatic rings. The smallest absolute Gasteiger partial charge is 0.141 e. The molecule has 0 aliphatic rings. The standard InChI is InChI=1S/C12H16FN5/c1-2-11(12-4-3-10(13)9-15-12)14-5-7-18-8-6-16-17-18/h3-4,6,8-9,11,14H,2,5,7H2,1H3. The number of hydrogen-bond acceptors (Lipinski definition) is 4. The van der Waals surface area contributed by atoms with Gasteiger partial charge in [0.15, 0.2) is 0 Å². The first-order valence-corrected chi connectivity index (χ1v) is 5.98. The van der Waals surface area contributed by atoms with Crippen molar-refractivity contribution in [3.05, 3.63) is 42.2 Å². The van der Waals surface area contributed by atoms with Crippen LogP contribution in [0.15, 0.2) is 30.7 Å². The van der Waals surface area contributed by atoms with Crippen LogP contribution in [-0.4, -0.2) is 26.5 Å². The number of aromatic nitrogens is 4. The number of pyridine rings is 1. The summed E-state index contributed by atoms with van der Waals surface area (Å²) in [6, 6.07) is 3.28. The third-order valence-corrected chi connectivity index (χ3v) is 2.72. The summed E-state index contributed by atoms with van der Waals surface area (Å²) in [7, 11) is 0. The summed E-state index contributed by atoms with van der Waals surface area (Å²) in [5.41, 5.74) is 0.859. The summed E-state index contributed by atoms with van der Waals surface area (Å²) < 4.78 is 14.6. The molecule has 2 rings (SSSR count). The molecular weight excluding hydrogens is 233 g/mol. The van der Waals surface area contributed by atoms with Gasteiger partial charge >= 0.3 is 0 Å². The minimum atomic E-state index is -0.309. The van der Waals surface area contributed by atoms with E-state index in [1.54, 1.807) is 16.9 Å². The van der Waals surface area contributed by atoms with Crippen LogP contribution in [0, 0.1) is 5.82 Å². The first-order valence-electron chi connectivity index (χ1n) is 5.98. The Morgan fingerprint density at radius 2 is 2.33 bits per heavy atom. The Labute approximate surface area is 105 Å². The lowest BCUT2D eigenvalue weighted by Gasteiger charge is -2.16. The van der Waals surface area contributed by atoms with Crippen molar-refractivity contribution in [2.24, 2.45) is 0 Å². The van der Waals surface area contributed by atoms with Crippen molar-refractivity contribution in [1.82, 2.24) is 25.3 Å². The van der Waals surface area contributed by atoms with Crippen molar-refractivity contribution in [1.29, 1.82) is 0 Å². The van der Waals surface area contributed by atoms with E-state index < -0.39 is 0 Å². The van der Waals surface area contributed by atoms with Crippen LogP contribution in [0.1, 0.15) is 25.1 Å². The first-order chi connectivity index (χ1) is 8.79. The average molecular weight is 249 g/mol. The second-order valence-electron chi connectivity index (χ2n) is 3.98. The maximum Gasteiger partial charge on any atom is 0.141 e. The van der Waals surface area contributed by atoms with E-state index in [9.17, 15) is 4.39 Å². The third kappa shape index (κ3) is 3.33.